The van der Waals surface area contributed by atoms with Crippen molar-refractivity contribution >= 4 is 17.3 Å². The number of phenols is 1. The van der Waals surface area contributed by atoms with E-state index in [1.165, 1.54) is 0 Å². The summed E-state index contributed by atoms with van der Waals surface area (Å²) in [6.07, 6.45) is 0. The number of hydrogen-bond acceptors (Lipinski definition) is 2. The Morgan fingerprint density at radius 3 is 2.21 bits per heavy atom. The van der Waals surface area contributed by atoms with Crippen LogP contribution in [0.2, 0.25) is 5.02 Å². The van der Waals surface area contributed by atoms with Gasteiger partial charge in [-0.2, -0.15) is 0 Å². The summed E-state index contributed by atoms with van der Waals surface area (Å²) in [5.74, 6) is 0.381. The van der Waals surface area contributed by atoms with Crippen LogP contribution < -0.4 is 5.32 Å². The molecular formula is C16H18ClNO. The Kier molecular flexibility index (Phi) is 4.01. The van der Waals surface area contributed by atoms with Crippen LogP contribution in [0.3, 0.4) is 0 Å². The Bertz CT molecular complexity index is 585. The molecule has 19 heavy (non-hydrogen) atoms. The molecule has 2 aromatic rings. The molecule has 0 radical (unpaired) electrons. The van der Waals surface area contributed by atoms with Gasteiger partial charge in [0.1, 0.15) is 5.75 Å². The molecule has 2 aromatic carbocycles. The average Bonchev–Trinajstić information content (AvgIpc) is 2.34. The van der Waals surface area contributed by atoms with Crippen molar-refractivity contribution in [3.8, 4) is 5.75 Å². The van der Waals surface area contributed by atoms with Gasteiger partial charge in [0.25, 0.3) is 0 Å². The molecule has 0 aliphatic carbocycles. The normalized spacial score (nSPS) is 10.5. The molecular weight excluding hydrogens is 258 g/mol. The van der Waals surface area contributed by atoms with Gasteiger partial charge in [-0.15, -0.1) is 0 Å². The molecule has 0 aromatic heterocycles. The largest absolute Gasteiger partial charge is 0.507 e. The van der Waals surface area contributed by atoms with Crippen molar-refractivity contribution in [2.45, 2.75) is 27.3 Å². The summed E-state index contributed by atoms with van der Waals surface area (Å²) in [6.45, 7) is 6.59. The van der Waals surface area contributed by atoms with Crippen molar-refractivity contribution in [2.75, 3.05) is 5.32 Å². The Balaban J connectivity index is 2.14. The van der Waals surface area contributed by atoms with E-state index < -0.39 is 0 Å². The molecule has 2 N–H and O–H groups in total. The molecule has 0 bridgehead atoms. The molecule has 0 atom stereocenters. The van der Waals surface area contributed by atoms with Gasteiger partial charge in [0.05, 0.1) is 0 Å². The maximum absolute atomic E-state index is 9.76. The number of aromatic hydroxyl groups is 1. The molecule has 0 unspecified atom stereocenters. The van der Waals surface area contributed by atoms with Crippen LogP contribution in [0.5, 0.6) is 5.75 Å². The number of benzene rings is 2. The minimum absolute atomic E-state index is 0.381. The fraction of sp³-hybridized carbons (Fsp3) is 0.250. The molecule has 0 saturated carbocycles. The van der Waals surface area contributed by atoms with Gasteiger partial charge in [0.15, 0.2) is 0 Å². The molecule has 3 heteroatoms. The Morgan fingerprint density at radius 1 is 1.00 bits per heavy atom. The molecule has 0 heterocycles. The fourth-order valence-corrected chi connectivity index (χ4v) is 2.40. The van der Waals surface area contributed by atoms with Crippen LogP contribution in [0.1, 0.15) is 22.3 Å². The summed E-state index contributed by atoms with van der Waals surface area (Å²) in [5, 5.41) is 13.9. The number of nitrogens with one attached hydrogen (secondary N) is 1. The molecule has 0 aliphatic heterocycles. The third-order valence-corrected chi connectivity index (χ3v) is 3.46. The highest BCUT2D eigenvalue weighted by Gasteiger charge is 2.04. The standard InChI is InChI=1S/C16H18ClNO/c1-10-8-14(17)4-5-15(10)18-9-13-6-11(2)16(19)12(3)7-13/h4-8,18-19H,9H2,1-3H3. The second-order valence-electron chi connectivity index (χ2n) is 4.89. The minimum Gasteiger partial charge on any atom is -0.507 e. The van der Waals surface area contributed by atoms with Gasteiger partial charge in [-0.3, -0.25) is 0 Å². The van der Waals surface area contributed by atoms with Gasteiger partial charge in [0, 0.05) is 17.3 Å². The van der Waals surface area contributed by atoms with Crippen LogP contribution >= 0.6 is 11.6 Å². The molecule has 100 valence electrons. The molecule has 2 rings (SSSR count). The lowest BCUT2D eigenvalue weighted by Gasteiger charge is -2.12. The minimum atomic E-state index is 0.381. The summed E-state index contributed by atoms with van der Waals surface area (Å²) < 4.78 is 0. The van der Waals surface area contributed by atoms with E-state index in [1.54, 1.807) is 0 Å². The lowest BCUT2D eigenvalue weighted by molar-refractivity contribution is 0.466. The van der Waals surface area contributed by atoms with E-state index in [0.717, 1.165) is 39.5 Å². The van der Waals surface area contributed by atoms with E-state index in [-0.39, 0.29) is 0 Å². The fourth-order valence-electron chi connectivity index (χ4n) is 2.17. The van der Waals surface area contributed by atoms with Crippen molar-refractivity contribution in [1.29, 1.82) is 0 Å². The first kappa shape index (κ1) is 13.8. The average molecular weight is 276 g/mol. The van der Waals surface area contributed by atoms with Gasteiger partial charge in [0.2, 0.25) is 0 Å². The first-order valence-electron chi connectivity index (χ1n) is 6.26. The number of halogens is 1. The molecule has 0 fully saturated rings. The highest BCUT2D eigenvalue weighted by Crippen LogP contribution is 2.24. The van der Waals surface area contributed by atoms with Crippen molar-refractivity contribution in [1.82, 2.24) is 0 Å². The topological polar surface area (TPSA) is 32.3 Å². The van der Waals surface area contributed by atoms with Crippen molar-refractivity contribution in [3.05, 3.63) is 57.6 Å². The van der Waals surface area contributed by atoms with E-state index in [4.69, 9.17) is 11.6 Å². The van der Waals surface area contributed by atoms with Gasteiger partial charge < -0.3 is 10.4 Å². The number of rotatable bonds is 3. The number of aryl methyl sites for hydroxylation is 3. The second kappa shape index (κ2) is 5.54. The highest BCUT2D eigenvalue weighted by atomic mass is 35.5. The summed E-state index contributed by atoms with van der Waals surface area (Å²) in [5.41, 5.74) is 5.17. The van der Waals surface area contributed by atoms with Crippen LogP contribution in [0, 0.1) is 20.8 Å². The van der Waals surface area contributed by atoms with Crippen LogP contribution in [-0.2, 0) is 6.54 Å². The zero-order chi connectivity index (χ0) is 14.0. The number of phenolic OH excluding ortho intramolecular Hbond substituents is 1. The maximum atomic E-state index is 9.76. The SMILES string of the molecule is Cc1cc(Cl)ccc1NCc1cc(C)c(O)c(C)c1. The second-order valence-corrected chi connectivity index (χ2v) is 5.33. The van der Waals surface area contributed by atoms with Crippen molar-refractivity contribution < 1.29 is 5.11 Å². The Morgan fingerprint density at radius 2 is 1.63 bits per heavy atom. The molecule has 0 aliphatic rings. The van der Waals surface area contributed by atoms with E-state index in [0.29, 0.717) is 5.75 Å². The van der Waals surface area contributed by atoms with Crippen molar-refractivity contribution in [3.63, 3.8) is 0 Å². The summed E-state index contributed by atoms with van der Waals surface area (Å²) >= 11 is 5.94. The van der Waals surface area contributed by atoms with Crippen LogP contribution in [0.15, 0.2) is 30.3 Å². The Labute approximate surface area is 119 Å². The van der Waals surface area contributed by atoms with Crippen molar-refractivity contribution in [2.24, 2.45) is 0 Å². The van der Waals surface area contributed by atoms with E-state index in [9.17, 15) is 5.11 Å². The zero-order valence-corrected chi connectivity index (χ0v) is 12.2. The number of hydrogen-bond donors (Lipinski definition) is 2. The zero-order valence-electron chi connectivity index (χ0n) is 11.4. The third-order valence-electron chi connectivity index (χ3n) is 3.22. The van der Waals surface area contributed by atoms with Crippen LogP contribution in [-0.4, -0.2) is 5.11 Å². The molecule has 0 saturated heterocycles. The summed E-state index contributed by atoms with van der Waals surface area (Å²) in [6, 6.07) is 9.81. The highest BCUT2D eigenvalue weighted by molar-refractivity contribution is 6.30. The summed E-state index contributed by atoms with van der Waals surface area (Å²) in [7, 11) is 0. The quantitative estimate of drug-likeness (QED) is 0.859. The van der Waals surface area contributed by atoms with E-state index >= 15 is 0 Å². The monoisotopic (exact) mass is 275 g/mol. The van der Waals surface area contributed by atoms with Gasteiger partial charge in [-0.25, -0.2) is 0 Å². The smallest absolute Gasteiger partial charge is 0.121 e. The van der Waals surface area contributed by atoms with E-state index in [1.807, 2.05) is 51.1 Å². The lowest BCUT2D eigenvalue weighted by atomic mass is 10.1. The maximum Gasteiger partial charge on any atom is 0.121 e. The lowest BCUT2D eigenvalue weighted by Crippen LogP contribution is -2.01. The number of anilines is 1. The first-order chi connectivity index (χ1) is 8.97. The summed E-state index contributed by atoms with van der Waals surface area (Å²) in [4.78, 5) is 0. The Hall–Kier alpha value is -1.67. The van der Waals surface area contributed by atoms with Gasteiger partial charge >= 0.3 is 0 Å². The predicted octanol–water partition coefficient (Wildman–Crippen LogP) is 4.58. The predicted molar refractivity (Wildman–Crippen MR) is 81.1 cm³/mol. The van der Waals surface area contributed by atoms with Gasteiger partial charge in [-0.1, -0.05) is 23.7 Å². The molecule has 2 nitrogen and oxygen atoms in total. The van der Waals surface area contributed by atoms with Crippen LogP contribution in [0.4, 0.5) is 5.69 Å². The van der Waals surface area contributed by atoms with Crippen LogP contribution in [0.25, 0.3) is 0 Å². The third kappa shape index (κ3) is 3.21. The van der Waals surface area contributed by atoms with E-state index in [2.05, 4.69) is 5.32 Å². The van der Waals surface area contributed by atoms with Gasteiger partial charge in [-0.05, 0) is 61.2 Å². The molecule has 0 amide bonds. The molecule has 0 spiro atoms. The first-order valence-corrected chi connectivity index (χ1v) is 6.64.